The standard InChI is InChI=1S/C25H32N2O2S/c1-3-5-6-7-13-23(28)26-21-16-14-20(15-17-21)25-27(24(29)18-30-25)22-12-9-8-11-19(22)10-4-2/h8-9,11-12,14-17,25H,3-7,10,13,18H2,1-2H3,(H,26,28)/t25-/m0/s1. The normalized spacial score (nSPS) is 16.1. The molecule has 1 aliphatic rings. The Bertz CT molecular complexity index is 850. The maximum Gasteiger partial charge on any atom is 0.238 e. The van der Waals surface area contributed by atoms with Crippen molar-refractivity contribution < 1.29 is 9.59 Å². The van der Waals surface area contributed by atoms with Crippen LogP contribution in [0.5, 0.6) is 0 Å². The number of aryl methyl sites for hydroxylation is 1. The molecule has 0 aliphatic carbocycles. The third-order valence-electron chi connectivity index (χ3n) is 5.38. The van der Waals surface area contributed by atoms with Crippen LogP contribution in [-0.4, -0.2) is 17.6 Å². The van der Waals surface area contributed by atoms with Gasteiger partial charge in [-0.2, -0.15) is 0 Å². The van der Waals surface area contributed by atoms with Crippen LogP contribution in [0.15, 0.2) is 48.5 Å². The molecule has 1 heterocycles. The van der Waals surface area contributed by atoms with Crippen LogP contribution in [0, 0.1) is 0 Å². The van der Waals surface area contributed by atoms with Crippen LogP contribution in [-0.2, 0) is 16.0 Å². The first-order valence-electron chi connectivity index (χ1n) is 11.1. The number of anilines is 2. The van der Waals surface area contributed by atoms with Gasteiger partial charge in [0.25, 0.3) is 0 Å². The Morgan fingerprint density at radius 2 is 1.80 bits per heavy atom. The fraction of sp³-hybridized carbons (Fsp3) is 0.440. The van der Waals surface area contributed by atoms with E-state index in [9.17, 15) is 9.59 Å². The van der Waals surface area contributed by atoms with Gasteiger partial charge in [0.05, 0.1) is 5.75 Å². The molecule has 0 spiro atoms. The predicted molar refractivity (Wildman–Crippen MR) is 127 cm³/mol. The summed E-state index contributed by atoms with van der Waals surface area (Å²) in [7, 11) is 0. The summed E-state index contributed by atoms with van der Waals surface area (Å²) >= 11 is 1.66. The molecule has 160 valence electrons. The number of unbranched alkanes of at least 4 members (excludes halogenated alkanes) is 3. The zero-order chi connectivity index (χ0) is 21.3. The number of rotatable bonds is 10. The second-order valence-corrected chi connectivity index (χ2v) is 8.86. The summed E-state index contributed by atoms with van der Waals surface area (Å²) in [5.74, 6) is 0.707. The van der Waals surface area contributed by atoms with Crippen molar-refractivity contribution in [2.75, 3.05) is 16.0 Å². The zero-order valence-corrected chi connectivity index (χ0v) is 18.8. The van der Waals surface area contributed by atoms with Crippen molar-refractivity contribution in [3.8, 4) is 0 Å². The second-order valence-electron chi connectivity index (χ2n) is 7.79. The van der Waals surface area contributed by atoms with Gasteiger partial charge in [-0.05, 0) is 42.2 Å². The molecule has 0 bridgehead atoms. The van der Waals surface area contributed by atoms with Crippen LogP contribution < -0.4 is 10.2 Å². The molecule has 1 aliphatic heterocycles. The number of hydrogen-bond donors (Lipinski definition) is 1. The first-order chi connectivity index (χ1) is 14.6. The smallest absolute Gasteiger partial charge is 0.238 e. The highest BCUT2D eigenvalue weighted by Crippen LogP contribution is 2.43. The Labute approximate surface area is 184 Å². The van der Waals surface area contributed by atoms with Gasteiger partial charge in [0.15, 0.2) is 0 Å². The minimum absolute atomic E-state index is 0.0331. The lowest BCUT2D eigenvalue weighted by atomic mass is 10.1. The van der Waals surface area contributed by atoms with Gasteiger partial charge in [-0.3, -0.25) is 14.5 Å². The van der Waals surface area contributed by atoms with Gasteiger partial charge in [0.1, 0.15) is 5.37 Å². The number of carbonyl (C=O) groups is 2. The predicted octanol–water partition coefficient (Wildman–Crippen LogP) is 6.33. The summed E-state index contributed by atoms with van der Waals surface area (Å²) in [4.78, 5) is 26.8. The van der Waals surface area contributed by atoms with E-state index in [1.807, 2.05) is 41.3 Å². The SMILES string of the molecule is CCCCCCC(=O)Nc1ccc([C@@H]2SCC(=O)N2c2ccccc2CCC)cc1. The van der Waals surface area contributed by atoms with Crippen LogP contribution in [0.1, 0.15) is 68.9 Å². The lowest BCUT2D eigenvalue weighted by Gasteiger charge is -2.26. The van der Waals surface area contributed by atoms with E-state index in [2.05, 4.69) is 31.3 Å². The summed E-state index contributed by atoms with van der Waals surface area (Å²) in [6, 6.07) is 16.1. The summed E-state index contributed by atoms with van der Waals surface area (Å²) in [6.45, 7) is 4.33. The Hall–Kier alpha value is -2.27. The van der Waals surface area contributed by atoms with Gasteiger partial charge in [-0.25, -0.2) is 0 Å². The Morgan fingerprint density at radius 3 is 2.53 bits per heavy atom. The van der Waals surface area contributed by atoms with Crippen molar-refractivity contribution in [3.63, 3.8) is 0 Å². The first kappa shape index (κ1) is 22.4. The zero-order valence-electron chi connectivity index (χ0n) is 18.0. The van der Waals surface area contributed by atoms with Crippen molar-refractivity contribution >= 4 is 35.0 Å². The third-order valence-corrected chi connectivity index (χ3v) is 6.59. The quantitative estimate of drug-likeness (QED) is 0.454. The number of nitrogens with zero attached hydrogens (tertiary/aromatic N) is 1. The van der Waals surface area contributed by atoms with Crippen molar-refractivity contribution in [1.29, 1.82) is 0 Å². The van der Waals surface area contributed by atoms with E-state index in [4.69, 9.17) is 0 Å². The van der Waals surface area contributed by atoms with Crippen molar-refractivity contribution in [2.45, 2.75) is 64.2 Å². The van der Waals surface area contributed by atoms with Crippen LogP contribution in [0.25, 0.3) is 0 Å². The molecule has 1 N–H and O–H groups in total. The van der Waals surface area contributed by atoms with E-state index in [-0.39, 0.29) is 17.2 Å². The topological polar surface area (TPSA) is 49.4 Å². The Morgan fingerprint density at radius 1 is 1.03 bits per heavy atom. The van der Waals surface area contributed by atoms with Gasteiger partial charge in [0, 0.05) is 17.8 Å². The minimum atomic E-state index is -0.0331. The number of para-hydroxylation sites is 1. The van der Waals surface area contributed by atoms with E-state index in [1.54, 1.807) is 11.8 Å². The molecule has 0 radical (unpaired) electrons. The number of thioether (sulfide) groups is 1. The maximum atomic E-state index is 12.7. The molecule has 2 amide bonds. The van der Waals surface area contributed by atoms with Crippen molar-refractivity contribution in [1.82, 2.24) is 0 Å². The Kier molecular flexibility index (Phi) is 8.38. The fourth-order valence-corrected chi connectivity index (χ4v) is 4.99. The molecule has 0 aromatic heterocycles. The van der Waals surface area contributed by atoms with Crippen LogP contribution in [0.3, 0.4) is 0 Å². The minimum Gasteiger partial charge on any atom is -0.326 e. The molecule has 30 heavy (non-hydrogen) atoms. The van der Waals surface area contributed by atoms with E-state index in [0.29, 0.717) is 12.2 Å². The third kappa shape index (κ3) is 5.66. The molecular formula is C25H32N2O2S. The van der Waals surface area contributed by atoms with E-state index < -0.39 is 0 Å². The van der Waals surface area contributed by atoms with Crippen molar-refractivity contribution in [3.05, 3.63) is 59.7 Å². The molecule has 1 fully saturated rings. The average Bonchev–Trinajstić information content (AvgIpc) is 3.14. The number of benzene rings is 2. The molecule has 4 nitrogen and oxygen atoms in total. The van der Waals surface area contributed by atoms with E-state index >= 15 is 0 Å². The molecule has 0 saturated carbocycles. The molecule has 0 unspecified atom stereocenters. The highest BCUT2D eigenvalue weighted by Gasteiger charge is 2.34. The van der Waals surface area contributed by atoms with Crippen LogP contribution >= 0.6 is 11.8 Å². The Balaban J connectivity index is 1.69. The highest BCUT2D eigenvalue weighted by molar-refractivity contribution is 8.00. The number of amides is 2. The molecule has 2 aromatic rings. The monoisotopic (exact) mass is 424 g/mol. The summed E-state index contributed by atoms with van der Waals surface area (Å²) in [6.07, 6.45) is 6.96. The van der Waals surface area contributed by atoms with Gasteiger partial charge >= 0.3 is 0 Å². The van der Waals surface area contributed by atoms with E-state index in [1.165, 1.54) is 18.4 Å². The van der Waals surface area contributed by atoms with Gasteiger partial charge in [-0.15, -0.1) is 11.8 Å². The fourth-order valence-electron chi connectivity index (χ4n) is 3.82. The molecule has 5 heteroatoms. The van der Waals surface area contributed by atoms with Gasteiger partial charge < -0.3 is 5.32 Å². The van der Waals surface area contributed by atoms with Crippen LogP contribution in [0.2, 0.25) is 0 Å². The molecular weight excluding hydrogens is 392 g/mol. The van der Waals surface area contributed by atoms with Gasteiger partial charge in [-0.1, -0.05) is 69.9 Å². The van der Waals surface area contributed by atoms with Gasteiger partial charge in [0.2, 0.25) is 11.8 Å². The molecule has 1 atom stereocenters. The largest absolute Gasteiger partial charge is 0.326 e. The number of hydrogen-bond acceptors (Lipinski definition) is 3. The molecule has 1 saturated heterocycles. The van der Waals surface area contributed by atoms with E-state index in [0.717, 1.165) is 42.6 Å². The average molecular weight is 425 g/mol. The highest BCUT2D eigenvalue weighted by atomic mass is 32.2. The molecule has 3 rings (SSSR count). The van der Waals surface area contributed by atoms with Crippen LogP contribution in [0.4, 0.5) is 11.4 Å². The molecule has 2 aromatic carbocycles. The lowest BCUT2D eigenvalue weighted by molar-refractivity contribution is -0.116. The second kappa shape index (κ2) is 11.2. The summed E-state index contributed by atoms with van der Waals surface area (Å²) in [5.41, 5.74) is 4.13. The summed E-state index contributed by atoms with van der Waals surface area (Å²) < 4.78 is 0. The first-order valence-corrected chi connectivity index (χ1v) is 12.1. The maximum absolute atomic E-state index is 12.7. The lowest BCUT2D eigenvalue weighted by Crippen LogP contribution is -2.28. The van der Waals surface area contributed by atoms with Crippen molar-refractivity contribution in [2.24, 2.45) is 0 Å². The number of nitrogens with one attached hydrogen (secondary N) is 1. The number of carbonyl (C=O) groups excluding carboxylic acids is 2. The summed E-state index contributed by atoms with van der Waals surface area (Å²) in [5, 5.41) is 2.95.